The van der Waals surface area contributed by atoms with Crippen molar-refractivity contribution in [2.24, 2.45) is 5.92 Å². The number of nitrogens with zero attached hydrogens (tertiary/aromatic N) is 1. The number of piperidine rings is 1. The Morgan fingerprint density at radius 2 is 2.12 bits per heavy atom. The zero-order valence-electron chi connectivity index (χ0n) is 11.1. The third-order valence-corrected chi connectivity index (χ3v) is 3.65. The van der Waals surface area contributed by atoms with E-state index in [1.54, 1.807) is 0 Å². The van der Waals surface area contributed by atoms with Crippen LogP contribution in [0.3, 0.4) is 0 Å². The predicted octanol–water partition coefficient (Wildman–Crippen LogP) is 2.02. The molecule has 0 bridgehead atoms. The Labute approximate surface area is 99.6 Å². The first-order valence-electron chi connectivity index (χ1n) is 6.57. The van der Waals surface area contributed by atoms with Crippen molar-refractivity contribution in [3.63, 3.8) is 0 Å². The lowest BCUT2D eigenvalue weighted by Crippen LogP contribution is -2.49. The summed E-state index contributed by atoms with van der Waals surface area (Å²) in [7, 11) is 0. The molecule has 0 radical (unpaired) electrons. The molecule has 1 aliphatic heterocycles. The van der Waals surface area contributed by atoms with Gasteiger partial charge in [-0.25, -0.2) is 0 Å². The van der Waals surface area contributed by atoms with Gasteiger partial charge >= 0.3 is 0 Å². The van der Waals surface area contributed by atoms with E-state index in [9.17, 15) is 4.79 Å². The summed E-state index contributed by atoms with van der Waals surface area (Å²) in [6.07, 6.45) is 3.47. The van der Waals surface area contributed by atoms with Crippen molar-refractivity contribution in [1.82, 2.24) is 10.2 Å². The summed E-state index contributed by atoms with van der Waals surface area (Å²) >= 11 is 0. The first kappa shape index (κ1) is 13.5. The van der Waals surface area contributed by atoms with Crippen LogP contribution in [-0.2, 0) is 4.79 Å². The summed E-state index contributed by atoms with van der Waals surface area (Å²) in [5.41, 5.74) is 0. The van der Waals surface area contributed by atoms with Gasteiger partial charge in [-0.1, -0.05) is 13.8 Å². The quantitative estimate of drug-likeness (QED) is 0.795. The number of nitrogens with one attached hydrogen (secondary N) is 1. The SMILES string of the molecule is CCC(C)NCC(=O)N1CC(C)CCC1C. The minimum atomic E-state index is 0.263. The van der Waals surface area contributed by atoms with Gasteiger partial charge in [-0.2, -0.15) is 0 Å². The Morgan fingerprint density at radius 1 is 1.44 bits per heavy atom. The molecule has 0 aromatic rings. The molecular weight excluding hydrogens is 200 g/mol. The summed E-state index contributed by atoms with van der Waals surface area (Å²) in [4.78, 5) is 14.1. The largest absolute Gasteiger partial charge is 0.339 e. The van der Waals surface area contributed by atoms with Gasteiger partial charge in [0.15, 0.2) is 0 Å². The molecule has 3 nitrogen and oxygen atoms in total. The van der Waals surface area contributed by atoms with E-state index in [0.717, 1.165) is 19.4 Å². The van der Waals surface area contributed by atoms with Gasteiger partial charge < -0.3 is 10.2 Å². The highest BCUT2D eigenvalue weighted by Crippen LogP contribution is 2.21. The second kappa shape index (κ2) is 6.24. The minimum Gasteiger partial charge on any atom is -0.339 e. The molecule has 3 heteroatoms. The summed E-state index contributed by atoms with van der Waals surface area (Å²) < 4.78 is 0. The number of amides is 1. The van der Waals surface area contributed by atoms with Gasteiger partial charge in [0.2, 0.25) is 5.91 Å². The molecule has 1 heterocycles. The third kappa shape index (κ3) is 3.78. The lowest BCUT2D eigenvalue weighted by molar-refractivity contribution is -0.134. The van der Waals surface area contributed by atoms with Gasteiger partial charge in [-0.15, -0.1) is 0 Å². The molecule has 1 amide bonds. The lowest BCUT2D eigenvalue weighted by atomic mass is 9.95. The maximum Gasteiger partial charge on any atom is 0.236 e. The Balaban J connectivity index is 2.39. The van der Waals surface area contributed by atoms with Crippen molar-refractivity contribution in [2.75, 3.05) is 13.1 Å². The first-order chi connectivity index (χ1) is 7.54. The van der Waals surface area contributed by atoms with Gasteiger partial charge in [0.25, 0.3) is 0 Å². The average Bonchev–Trinajstić information content (AvgIpc) is 2.28. The van der Waals surface area contributed by atoms with Crippen molar-refractivity contribution in [2.45, 2.75) is 59.0 Å². The minimum absolute atomic E-state index is 0.263. The molecule has 94 valence electrons. The molecule has 0 aliphatic carbocycles. The smallest absolute Gasteiger partial charge is 0.236 e. The van der Waals surface area contributed by atoms with Crippen LogP contribution in [0.1, 0.15) is 47.0 Å². The summed E-state index contributed by atoms with van der Waals surface area (Å²) in [6, 6.07) is 0.851. The lowest BCUT2D eigenvalue weighted by Gasteiger charge is -2.37. The van der Waals surface area contributed by atoms with E-state index in [2.05, 4.69) is 33.0 Å². The number of carbonyl (C=O) groups is 1. The van der Waals surface area contributed by atoms with Gasteiger partial charge in [-0.3, -0.25) is 4.79 Å². The molecule has 1 saturated heterocycles. The molecule has 0 saturated carbocycles. The van der Waals surface area contributed by atoms with E-state index < -0.39 is 0 Å². The van der Waals surface area contributed by atoms with Crippen LogP contribution in [-0.4, -0.2) is 36.0 Å². The number of likely N-dealkylation sites (tertiary alicyclic amines) is 1. The highest BCUT2D eigenvalue weighted by Gasteiger charge is 2.26. The standard InChI is InChI=1S/C13H26N2O/c1-5-11(3)14-8-13(16)15-9-10(2)6-7-12(15)4/h10-12,14H,5-9H2,1-4H3. The van der Waals surface area contributed by atoms with Gasteiger partial charge in [-0.05, 0) is 39.0 Å². The molecule has 1 N–H and O–H groups in total. The molecular formula is C13H26N2O. The Kier molecular flexibility index (Phi) is 5.26. The van der Waals surface area contributed by atoms with Crippen molar-refractivity contribution in [3.05, 3.63) is 0 Å². The third-order valence-electron chi connectivity index (χ3n) is 3.65. The zero-order chi connectivity index (χ0) is 12.1. The van der Waals surface area contributed by atoms with Crippen LogP contribution in [0, 0.1) is 5.92 Å². The van der Waals surface area contributed by atoms with Crippen LogP contribution in [0.4, 0.5) is 0 Å². The second-order valence-corrected chi connectivity index (χ2v) is 5.27. The monoisotopic (exact) mass is 226 g/mol. The molecule has 3 atom stereocenters. The highest BCUT2D eigenvalue weighted by molar-refractivity contribution is 5.78. The van der Waals surface area contributed by atoms with Crippen molar-refractivity contribution >= 4 is 5.91 Å². The number of hydrogen-bond acceptors (Lipinski definition) is 2. The van der Waals surface area contributed by atoms with Crippen LogP contribution in [0.25, 0.3) is 0 Å². The summed E-state index contributed by atoms with van der Waals surface area (Å²) in [5, 5.41) is 3.27. The molecule has 16 heavy (non-hydrogen) atoms. The topological polar surface area (TPSA) is 32.3 Å². The molecule has 3 unspecified atom stereocenters. The summed E-state index contributed by atoms with van der Waals surface area (Å²) in [6.45, 7) is 10.1. The van der Waals surface area contributed by atoms with Crippen molar-refractivity contribution in [3.8, 4) is 0 Å². The van der Waals surface area contributed by atoms with Crippen LogP contribution in [0.5, 0.6) is 0 Å². The number of rotatable bonds is 4. The summed E-state index contributed by atoms with van der Waals surface area (Å²) in [5.74, 6) is 0.920. The Bertz CT molecular complexity index is 230. The van der Waals surface area contributed by atoms with Crippen molar-refractivity contribution < 1.29 is 4.79 Å². The fraction of sp³-hybridized carbons (Fsp3) is 0.923. The predicted molar refractivity (Wildman–Crippen MR) is 67.3 cm³/mol. The van der Waals surface area contributed by atoms with E-state index >= 15 is 0 Å². The van der Waals surface area contributed by atoms with E-state index in [1.807, 2.05) is 4.90 Å². The fourth-order valence-electron chi connectivity index (χ4n) is 2.14. The van der Waals surface area contributed by atoms with Gasteiger partial charge in [0.1, 0.15) is 0 Å². The molecule has 0 spiro atoms. The van der Waals surface area contributed by atoms with E-state index in [-0.39, 0.29) is 5.91 Å². The number of carbonyl (C=O) groups excluding carboxylic acids is 1. The molecule has 0 aromatic carbocycles. The Hall–Kier alpha value is -0.570. The Morgan fingerprint density at radius 3 is 2.75 bits per heavy atom. The molecule has 1 fully saturated rings. The second-order valence-electron chi connectivity index (χ2n) is 5.27. The maximum atomic E-state index is 12.0. The first-order valence-corrected chi connectivity index (χ1v) is 6.57. The van der Waals surface area contributed by atoms with Gasteiger partial charge in [0.05, 0.1) is 6.54 Å². The fourth-order valence-corrected chi connectivity index (χ4v) is 2.14. The van der Waals surface area contributed by atoms with E-state index in [1.165, 1.54) is 6.42 Å². The maximum absolute atomic E-state index is 12.0. The van der Waals surface area contributed by atoms with E-state index in [0.29, 0.717) is 24.5 Å². The molecule has 0 aromatic heterocycles. The normalized spacial score (nSPS) is 27.9. The zero-order valence-corrected chi connectivity index (χ0v) is 11.1. The van der Waals surface area contributed by atoms with Crippen LogP contribution < -0.4 is 5.32 Å². The van der Waals surface area contributed by atoms with Crippen LogP contribution in [0.2, 0.25) is 0 Å². The number of hydrogen-bond donors (Lipinski definition) is 1. The van der Waals surface area contributed by atoms with Crippen LogP contribution >= 0.6 is 0 Å². The highest BCUT2D eigenvalue weighted by atomic mass is 16.2. The van der Waals surface area contributed by atoms with Crippen LogP contribution in [0.15, 0.2) is 0 Å². The van der Waals surface area contributed by atoms with E-state index in [4.69, 9.17) is 0 Å². The average molecular weight is 226 g/mol. The van der Waals surface area contributed by atoms with Crippen molar-refractivity contribution in [1.29, 1.82) is 0 Å². The molecule has 1 rings (SSSR count). The van der Waals surface area contributed by atoms with Gasteiger partial charge in [0, 0.05) is 18.6 Å². The molecule has 1 aliphatic rings.